The maximum atomic E-state index is 12.8. The number of sulfonamides is 1. The standard InChI is InChI=1S/C27H30ClN3O3S/c1-19-6-7-25(16-20(19)2)30-35(33,34)26-10-8-24(9-11-26)29-27(32)22-12-14-31(15-13-22)18-21-4-3-5-23(28)17-21/h3-11,16-17,22,30H,12-15,18H2,1-2H3,(H,29,32). The number of likely N-dealkylation sites (tertiary alicyclic amines) is 1. The largest absolute Gasteiger partial charge is 0.326 e. The van der Waals surface area contributed by atoms with Crippen LogP contribution in [0.4, 0.5) is 11.4 Å². The molecule has 0 atom stereocenters. The number of amides is 1. The number of benzene rings is 3. The minimum atomic E-state index is -3.72. The summed E-state index contributed by atoms with van der Waals surface area (Å²) in [7, 11) is -3.72. The van der Waals surface area contributed by atoms with Gasteiger partial charge in [0.1, 0.15) is 0 Å². The Bertz CT molecular complexity index is 1300. The van der Waals surface area contributed by atoms with Crippen molar-refractivity contribution in [1.82, 2.24) is 4.90 Å². The van der Waals surface area contributed by atoms with Crippen LogP contribution in [0.5, 0.6) is 0 Å². The molecule has 2 N–H and O–H groups in total. The van der Waals surface area contributed by atoms with Gasteiger partial charge in [-0.3, -0.25) is 14.4 Å². The van der Waals surface area contributed by atoms with Gasteiger partial charge in [0.15, 0.2) is 0 Å². The van der Waals surface area contributed by atoms with Crippen molar-refractivity contribution >= 4 is 38.9 Å². The van der Waals surface area contributed by atoms with Crippen LogP contribution >= 0.6 is 11.6 Å². The van der Waals surface area contributed by atoms with Crippen molar-refractivity contribution in [3.63, 3.8) is 0 Å². The summed E-state index contributed by atoms with van der Waals surface area (Å²) in [6.07, 6.45) is 1.55. The zero-order chi connectivity index (χ0) is 25.0. The predicted octanol–water partition coefficient (Wildman–Crippen LogP) is 5.61. The van der Waals surface area contributed by atoms with Gasteiger partial charge in [0.25, 0.3) is 10.0 Å². The van der Waals surface area contributed by atoms with Crippen LogP contribution in [0.3, 0.4) is 0 Å². The normalized spacial score (nSPS) is 15.1. The van der Waals surface area contributed by atoms with E-state index in [0.717, 1.165) is 48.6 Å². The molecule has 0 spiro atoms. The summed E-state index contributed by atoms with van der Waals surface area (Å²) in [5.74, 6) is -0.100. The van der Waals surface area contributed by atoms with Crippen LogP contribution in [0.2, 0.25) is 5.02 Å². The maximum absolute atomic E-state index is 12.8. The van der Waals surface area contributed by atoms with Gasteiger partial charge in [-0.25, -0.2) is 8.42 Å². The Morgan fingerprint density at radius 2 is 1.63 bits per heavy atom. The smallest absolute Gasteiger partial charge is 0.261 e. The number of nitrogens with zero attached hydrogens (tertiary/aromatic N) is 1. The highest BCUT2D eigenvalue weighted by molar-refractivity contribution is 7.92. The summed E-state index contributed by atoms with van der Waals surface area (Å²) in [5, 5.41) is 3.67. The lowest BCUT2D eigenvalue weighted by Gasteiger charge is -2.31. The minimum Gasteiger partial charge on any atom is -0.326 e. The van der Waals surface area contributed by atoms with Crippen LogP contribution < -0.4 is 10.0 Å². The predicted molar refractivity (Wildman–Crippen MR) is 141 cm³/mol. The van der Waals surface area contributed by atoms with Crippen molar-refractivity contribution in [2.45, 2.75) is 38.1 Å². The number of nitrogens with one attached hydrogen (secondary N) is 2. The highest BCUT2D eigenvalue weighted by Gasteiger charge is 2.25. The van der Waals surface area contributed by atoms with E-state index in [-0.39, 0.29) is 16.7 Å². The molecule has 3 aromatic rings. The topological polar surface area (TPSA) is 78.5 Å². The lowest BCUT2D eigenvalue weighted by Crippen LogP contribution is -2.37. The molecule has 1 aliphatic rings. The zero-order valence-electron chi connectivity index (χ0n) is 19.9. The third-order valence-electron chi connectivity index (χ3n) is 6.44. The van der Waals surface area contributed by atoms with Gasteiger partial charge in [-0.1, -0.05) is 29.8 Å². The lowest BCUT2D eigenvalue weighted by molar-refractivity contribution is -0.121. The molecule has 1 aliphatic heterocycles. The lowest BCUT2D eigenvalue weighted by atomic mass is 9.95. The van der Waals surface area contributed by atoms with Gasteiger partial charge in [-0.15, -0.1) is 0 Å². The highest BCUT2D eigenvalue weighted by atomic mass is 35.5. The number of carbonyl (C=O) groups is 1. The average molecular weight is 512 g/mol. The number of hydrogen-bond acceptors (Lipinski definition) is 4. The molecule has 0 aromatic heterocycles. The quantitative estimate of drug-likeness (QED) is 0.432. The Hall–Kier alpha value is -2.87. The second kappa shape index (κ2) is 10.8. The molecule has 1 fully saturated rings. The molecule has 0 aliphatic carbocycles. The van der Waals surface area contributed by atoms with Crippen LogP contribution in [-0.2, 0) is 21.4 Å². The highest BCUT2D eigenvalue weighted by Crippen LogP contribution is 2.24. The summed E-state index contributed by atoms with van der Waals surface area (Å²) in [5.41, 5.74) is 4.38. The maximum Gasteiger partial charge on any atom is 0.261 e. The van der Waals surface area contributed by atoms with Crippen molar-refractivity contribution in [3.8, 4) is 0 Å². The fourth-order valence-electron chi connectivity index (χ4n) is 4.23. The Kier molecular flexibility index (Phi) is 7.79. The molecule has 6 nitrogen and oxygen atoms in total. The second-order valence-electron chi connectivity index (χ2n) is 9.10. The molecule has 4 rings (SSSR count). The summed E-state index contributed by atoms with van der Waals surface area (Å²) in [4.78, 5) is 15.3. The summed E-state index contributed by atoms with van der Waals surface area (Å²) >= 11 is 6.08. The van der Waals surface area contributed by atoms with Crippen molar-refractivity contribution in [2.75, 3.05) is 23.1 Å². The second-order valence-corrected chi connectivity index (χ2v) is 11.2. The third-order valence-corrected chi connectivity index (χ3v) is 8.08. The van der Waals surface area contributed by atoms with Crippen molar-refractivity contribution in [1.29, 1.82) is 0 Å². The van der Waals surface area contributed by atoms with Crippen LogP contribution in [0, 0.1) is 19.8 Å². The number of piperidine rings is 1. The first kappa shape index (κ1) is 25.2. The molecule has 0 unspecified atom stereocenters. The Balaban J connectivity index is 1.30. The summed E-state index contributed by atoms with van der Waals surface area (Å²) in [6, 6.07) is 19.6. The molecule has 0 radical (unpaired) electrons. The van der Waals surface area contributed by atoms with Crippen molar-refractivity contribution in [2.24, 2.45) is 5.92 Å². The van der Waals surface area contributed by atoms with Gasteiger partial charge in [0.2, 0.25) is 5.91 Å². The fourth-order valence-corrected chi connectivity index (χ4v) is 5.49. The molecular formula is C27H30ClN3O3S. The molecule has 35 heavy (non-hydrogen) atoms. The summed E-state index contributed by atoms with van der Waals surface area (Å²) < 4.78 is 28.1. The Morgan fingerprint density at radius 1 is 0.943 bits per heavy atom. The van der Waals surface area contributed by atoms with E-state index >= 15 is 0 Å². The van der Waals surface area contributed by atoms with Crippen LogP contribution in [0.25, 0.3) is 0 Å². The number of rotatable bonds is 7. The molecular weight excluding hydrogens is 482 g/mol. The molecule has 1 saturated heterocycles. The summed E-state index contributed by atoms with van der Waals surface area (Å²) in [6.45, 7) is 6.41. The van der Waals surface area contributed by atoms with E-state index in [4.69, 9.17) is 11.6 Å². The Labute approximate surface area is 212 Å². The molecule has 1 heterocycles. The van der Waals surface area contributed by atoms with Gasteiger partial charge < -0.3 is 5.32 Å². The van der Waals surface area contributed by atoms with E-state index in [9.17, 15) is 13.2 Å². The minimum absolute atomic E-state index is 0.0312. The van der Waals surface area contributed by atoms with Gasteiger partial charge in [0.05, 0.1) is 4.90 Å². The van der Waals surface area contributed by atoms with Crippen molar-refractivity contribution < 1.29 is 13.2 Å². The monoisotopic (exact) mass is 511 g/mol. The third kappa shape index (κ3) is 6.63. The molecule has 0 bridgehead atoms. The van der Waals surface area contributed by atoms with Crippen LogP contribution in [-0.4, -0.2) is 32.3 Å². The van der Waals surface area contributed by atoms with Gasteiger partial charge in [0, 0.05) is 28.9 Å². The fraction of sp³-hybridized carbons (Fsp3) is 0.296. The van der Waals surface area contributed by atoms with E-state index in [1.54, 1.807) is 18.2 Å². The number of aryl methyl sites for hydroxylation is 2. The van der Waals surface area contributed by atoms with E-state index in [2.05, 4.69) is 21.0 Å². The van der Waals surface area contributed by atoms with E-state index < -0.39 is 10.0 Å². The zero-order valence-corrected chi connectivity index (χ0v) is 21.5. The van der Waals surface area contributed by atoms with Crippen LogP contribution in [0.15, 0.2) is 71.6 Å². The van der Waals surface area contributed by atoms with Gasteiger partial charge in [-0.05, 0) is 105 Å². The molecule has 184 valence electrons. The van der Waals surface area contributed by atoms with Gasteiger partial charge in [-0.2, -0.15) is 0 Å². The number of halogens is 1. The average Bonchev–Trinajstić information content (AvgIpc) is 2.82. The van der Waals surface area contributed by atoms with Gasteiger partial charge >= 0.3 is 0 Å². The first-order chi connectivity index (χ1) is 16.7. The Morgan fingerprint density at radius 3 is 2.29 bits per heavy atom. The molecule has 0 saturated carbocycles. The molecule has 8 heteroatoms. The number of hydrogen-bond donors (Lipinski definition) is 2. The van der Waals surface area contributed by atoms with Crippen LogP contribution in [0.1, 0.15) is 29.5 Å². The first-order valence-corrected chi connectivity index (χ1v) is 13.5. The van der Waals surface area contributed by atoms with E-state index in [1.807, 2.05) is 44.2 Å². The molecule has 3 aromatic carbocycles. The number of carbonyl (C=O) groups excluding carboxylic acids is 1. The van der Waals surface area contributed by atoms with Crippen molar-refractivity contribution in [3.05, 3.63) is 88.4 Å². The van der Waals surface area contributed by atoms with E-state index in [1.165, 1.54) is 17.7 Å². The SMILES string of the molecule is Cc1ccc(NS(=O)(=O)c2ccc(NC(=O)C3CCN(Cc4cccc(Cl)c4)CC3)cc2)cc1C. The molecule has 1 amide bonds. The first-order valence-electron chi connectivity index (χ1n) is 11.7. The van der Waals surface area contributed by atoms with E-state index in [0.29, 0.717) is 11.4 Å². The number of anilines is 2.